The smallest absolute Gasteiger partial charge is 0.158 e. The summed E-state index contributed by atoms with van der Waals surface area (Å²) in [6.07, 6.45) is 3.68. The first kappa shape index (κ1) is 11.1. The van der Waals surface area contributed by atoms with Gasteiger partial charge in [-0.3, -0.25) is 4.79 Å². The molecule has 1 fully saturated rings. The van der Waals surface area contributed by atoms with Crippen molar-refractivity contribution in [3.8, 4) is 0 Å². The molecule has 1 saturated carbocycles. The zero-order chi connectivity index (χ0) is 10.9. The van der Waals surface area contributed by atoms with Crippen LogP contribution >= 0.6 is 22.9 Å². The van der Waals surface area contributed by atoms with Crippen molar-refractivity contribution in [2.24, 2.45) is 0 Å². The van der Waals surface area contributed by atoms with Crippen LogP contribution in [0.3, 0.4) is 0 Å². The number of rotatable bonds is 2. The zero-order valence-corrected chi connectivity index (χ0v) is 10.3. The van der Waals surface area contributed by atoms with Crippen molar-refractivity contribution in [3.05, 3.63) is 21.3 Å². The Balaban J connectivity index is 2.39. The average molecular weight is 244 g/mol. The van der Waals surface area contributed by atoms with Gasteiger partial charge >= 0.3 is 0 Å². The second-order valence-corrected chi connectivity index (χ2v) is 5.60. The largest absolute Gasteiger partial charge is 0.304 e. The van der Waals surface area contributed by atoms with Crippen molar-refractivity contribution in [2.45, 2.75) is 31.2 Å². The lowest BCUT2D eigenvalue weighted by Gasteiger charge is -2.34. The van der Waals surface area contributed by atoms with Gasteiger partial charge in [0.05, 0.1) is 4.34 Å². The third kappa shape index (κ3) is 1.84. The number of nitrogens with one attached hydrogen (secondary N) is 1. The maximum atomic E-state index is 12.1. The molecule has 0 aliphatic heterocycles. The molecule has 1 aromatic rings. The number of likely N-dealkylation sites (N-methyl/N-ethyl adjacent to an activating group) is 1. The zero-order valence-electron chi connectivity index (χ0n) is 8.68. The van der Waals surface area contributed by atoms with E-state index in [1.807, 2.05) is 19.2 Å². The molecule has 0 radical (unpaired) electrons. The highest BCUT2D eigenvalue weighted by Gasteiger charge is 2.40. The van der Waals surface area contributed by atoms with Crippen LogP contribution in [-0.2, 0) is 10.3 Å². The predicted octanol–water partition coefficient (Wildman–Crippen LogP) is 2.96. The van der Waals surface area contributed by atoms with E-state index in [4.69, 9.17) is 11.6 Å². The molecule has 0 bridgehead atoms. The highest BCUT2D eigenvalue weighted by atomic mass is 35.5. The van der Waals surface area contributed by atoms with Gasteiger partial charge in [0.15, 0.2) is 5.78 Å². The molecule has 4 heteroatoms. The normalized spacial score (nSPS) is 26.9. The molecule has 1 aliphatic carbocycles. The average Bonchev–Trinajstić information content (AvgIpc) is 2.66. The molecule has 82 valence electrons. The Morgan fingerprint density at radius 3 is 2.80 bits per heavy atom. The SMILES string of the molecule is CN[C@]1(c2ccc(Cl)s2)CCCCC1=O. The van der Waals surface area contributed by atoms with Gasteiger partial charge in [-0.2, -0.15) is 0 Å². The monoisotopic (exact) mass is 243 g/mol. The summed E-state index contributed by atoms with van der Waals surface area (Å²) in [5.74, 6) is 0.301. The summed E-state index contributed by atoms with van der Waals surface area (Å²) in [4.78, 5) is 13.1. The molecule has 2 rings (SSSR count). The molecule has 0 unspecified atom stereocenters. The second-order valence-electron chi connectivity index (χ2n) is 3.89. The summed E-state index contributed by atoms with van der Waals surface area (Å²) in [5, 5.41) is 3.20. The third-order valence-corrected chi connectivity index (χ3v) is 4.50. The van der Waals surface area contributed by atoms with E-state index in [-0.39, 0.29) is 0 Å². The van der Waals surface area contributed by atoms with Crippen molar-refractivity contribution >= 4 is 28.7 Å². The Hall–Kier alpha value is -0.380. The predicted molar refractivity (Wildman–Crippen MR) is 63.5 cm³/mol. The lowest BCUT2D eigenvalue weighted by atomic mass is 9.79. The van der Waals surface area contributed by atoms with Gasteiger partial charge in [-0.25, -0.2) is 0 Å². The van der Waals surface area contributed by atoms with Gasteiger partial charge in [0.1, 0.15) is 5.54 Å². The number of carbonyl (C=O) groups is 1. The van der Waals surface area contributed by atoms with Gasteiger partial charge in [-0.05, 0) is 32.0 Å². The molecule has 0 saturated heterocycles. The summed E-state index contributed by atoms with van der Waals surface area (Å²) in [6, 6.07) is 3.83. The molecule has 1 atom stereocenters. The Bertz CT molecular complexity index is 376. The summed E-state index contributed by atoms with van der Waals surface area (Å²) >= 11 is 7.43. The molecule has 0 amide bonds. The lowest BCUT2D eigenvalue weighted by molar-refractivity contribution is -0.127. The standard InChI is InChI=1S/C11H14ClNOS/c1-13-11(7-3-2-4-8(11)14)9-5-6-10(12)15-9/h5-6,13H,2-4,7H2,1H3/t11-/m1/s1. The fourth-order valence-corrected chi connectivity index (χ4v) is 3.51. The van der Waals surface area contributed by atoms with E-state index >= 15 is 0 Å². The van der Waals surface area contributed by atoms with Gasteiger partial charge in [0, 0.05) is 11.3 Å². The minimum absolute atomic E-state index is 0.301. The van der Waals surface area contributed by atoms with Gasteiger partial charge < -0.3 is 5.32 Å². The van der Waals surface area contributed by atoms with Crippen LogP contribution in [0.5, 0.6) is 0 Å². The Morgan fingerprint density at radius 2 is 2.27 bits per heavy atom. The van der Waals surface area contributed by atoms with Crippen molar-refractivity contribution in [1.82, 2.24) is 5.32 Å². The minimum atomic E-state index is -0.462. The van der Waals surface area contributed by atoms with Crippen LogP contribution in [0, 0.1) is 0 Å². The second kappa shape index (κ2) is 4.24. The molecule has 1 heterocycles. The Labute approximate surface area is 98.6 Å². The van der Waals surface area contributed by atoms with E-state index in [1.165, 1.54) is 11.3 Å². The first-order valence-corrected chi connectivity index (χ1v) is 6.36. The number of Topliss-reactive ketones (excluding diaryl/α,β-unsaturated/α-hetero) is 1. The Kier molecular flexibility index (Phi) is 3.14. The molecule has 2 nitrogen and oxygen atoms in total. The number of carbonyl (C=O) groups excluding carboxylic acids is 1. The van der Waals surface area contributed by atoms with E-state index in [9.17, 15) is 4.79 Å². The first-order chi connectivity index (χ1) is 7.19. The van der Waals surface area contributed by atoms with Gasteiger partial charge in [-0.1, -0.05) is 18.0 Å². The number of hydrogen-bond acceptors (Lipinski definition) is 3. The number of halogens is 1. The van der Waals surface area contributed by atoms with Crippen LogP contribution in [0.15, 0.2) is 12.1 Å². The molecule has 1 N–H and O–H groups in total. The van der Waals surface area contributed by atoms with Gasteiger partial charge in [0.25, 0.3) is 0 Å². The van der Waals surface area contributed by atoms with Crippen LogP contribution in [0.4, 0.5) is 0 Å². The van der Waals surface area contributed by atoms with Crippen molar-refractivity contribution in [2.75, 3.05) is 7.05 Å². The molecule has 15 heavy (non-hydrogen) atoms. The molecule has 0 spiro atoms. The van der Waals surface area contributed by atoms with Crippen molar-refractivity contribution < 1.29 is 4.79 Å². The number of ketones is 1. The maximum Gasteiger partial charge on any atom is 0.158 e. The minimum Gasteiger partial charge on any atom is -0.304 e. The molecule has 1 aliphatic rings. The van der Waals surface area contributed by atoms with E-state index in [0.717, 1.165) is 28.5 Å². The number of hydrogen-bond donors (Lipinski definition) is 1. The fourth-order valence-electron chi connectivity index (χ4n) is 2.22. The van der Waals surface area contributed by atoms with E-state index in [1.54, 1.807) is 0 Å². The molecule has 1 aromatic heterocycles. The van der Waals surface area contributed by atoms with E-state index < -0.39 is 5.54 Å². The topological polar surface area (TPSA) is 29.1 Å². The van der Waals surface area contributed by atoms with Crippen molar-refractivity contribution in [3.63, 3.8) is 0 Å². The van der Waals surface area contributed by atoms with Crippen LogP contribution in [0.25, 0.3) is 0 Å². The van der Waals surface area contributed by atoms with Crippen LogP contribution in [0.1, 0.15) is 30.6 Å². The van der Waals surface area contributed by atoms with Crippen LogP contribution in [-0.4, -0.2) is 12.8 Å². The highest BCUT2D eigenvalue weighted by molar-refractivity contribution is 7.16. The lowest BCUT2D eigenvalue weighted by Crippen LogP contribution is -2.48. The third-order valence-electron chi connectivity index (χ3n) is 3.10. The summed E-state index contributed by atoms with van der Waals surface area (Å²) in [5.41, 5.74) is -0.462. The molecular weight excluding hydrogens is 230 g/mol. The quantitative estimate of drug-likeness (QED) is 0.865. The summed E-state index contributed by atoms with van der Waals surface area (Å²) < 4.78 is 0.748. The molecular formula is C11H14ClNOS. The van der Waals surface area contributed by atoms with Crippen LogP contribution in [0.2, 0.25) is 4.34 Å². The van der Waals surface area contributed by atoms with Crippen molar-refractivity contribution in [1.29, 1.82) is 0 Å². The van der Waals surface area contributed by atoms with E-state index in [0.29, 0.717) is 12.2 Å². The van der Waals surface area contributed by atoms with Gasteiger partial charge in [0.2, 0.25) is 0 Å². The highest BCUT2D eigenvalue weighted by Crippen LogP contribution is 2.38. The number of thiophene rings is 1. The maximum absolute atomic E-state index is 12.1. The van der Waals surface area contributed by atoms with Gasteiger partial charge in [-0.15, -0.1) is 11.3 Å². The Morgan fingerprint density at radius 1 is 1.47 bits per heavy atom. The summed E-state index contributed by atoms with van der Waals surface area (Å²) in [7, 11) is 1.86. The molecule has 0 aromatic carbocycles. The summed E-state index contributed by atoms with van der Waals surface area (Å²) in [6.45, 7) is 0. The van der Waals surface area contributed by atoms with E-state index in [2.05, 4.69) is 5.32 Å². The first-order valence-electron chi connectivity index (χ1n) is 5.17. The fraction of sp³-hybridized carbons (Fsp3) is 0.545. The van der Waals surface area contributed by atoms with Crippen LogP contribution < -0.4 is 5.32 Å².